The Labute approximate surface area is 225 Å². The third-order valence-electron chi connectivity index (χ3n) is 5.56. The van der Waals surface area contributed by atoms with Crippen LogP contribution in [0, 0.1) is 5.82 Å². The number of anilines is 1. The SMILES string of the molecule is CC(C)NC(=O)C(C)N(Cc1cccc(Br)c1)C(=O)CN(c1ccccc1)S(=O)(=O)c1ccc(F)cc1. The molecular weight excluding hydrogens is 561 g/mol. The van der Waals surface area contributed by atoms with Gasteiger partial charge in [0.1, 0.15) is 18.4 Å². The molecule has 3 aromatic carbocycles. The summed E-state index contributed by atoms with van der Waals surface area (Å²) in [5.74, 6) is -1.50. The molecule has 0 aromatic heterocycles. The van der Waals surface area contributed by atoms with E-state index in [1.807, 2.05) is 38.1 Å². The summed E-state index contributed by atoms with van der Waals surface area (Å²) in [6, 6.07) is 18.9. The number of amides is 2. The molecule has 7 nitrogen and oxygen atoms in total. The number of para-hydroxylation sites is 1. The van der Waals surface area contributed by atoms with Gasteiger partial charge in [-0.05, 0) is 74.9 Å². The summed E-state index contributed by atoms with van der Waals surface area (Å²) in [4.78, 5) is 27.8. The van der Waals surface area contributed by atoms with E-state index >= 15 is 0 Å². The smallest absolute Gasteiger partial charge is 0.264 e. The fourth-order valence-corrected chi connectivity index (χ4v) is 5.54. The van der Waals surface area contributed by atoms with Crippen molar-refractivity contribution in [2.45, 2.75) is 44.3 Å². The minimum atomic E-state index is -4.23. The lowest BCUT2D eigenvalue weighted by Gasteiger charge is -2.32. The van der Waals surface area contributed by atoms with Crippen LogP contribution in [0.2, 0.25) is 0 Å². The third-order valence-corrected chi connectivity index (χ3v) is 7.85. The molecule has 0 radical (unpaired) electrons. The summed E-state index contributed by atoms with van der Waals surface area (Å²) in [5.41, 5.74) is 1.03. The van der Waals surface area contributed by atoms with Crippen LogP contribution < -0.4 is 9.62 Å². The third kappa shape index (κ3) is 7.39. The molecular formula is C27H29BrFN3O4S. The lowest BCUT2D eigenvalue weighted by Crippen LogP contribution is -2.52. The van der Waals surface area contributed by atoms with E-state index in [2.05, 4.69) is 21.2 Å². The van der Waals surface area contributed by atoms with Crippen LogP contribution >= 0.6 is 15.9 Å². The maximum absolute atomic E-state index is 13.7. The number of carbonyl (C=O) groups excluding carboxylic acids is 2. The number of benzene rings is 3. The highest BCUT2D eigenvalue weighted by Crippen LogP contribution is 2.25. The minimum absolute atomic E-state index is 0.0875. The summed E-state index contributed by atoms with van der Waals surface area (Å²) in [7, 11) is -4.23. The van der Waals surface area contributed by atoms with Crippen LogP contribution in [-0.2, 0) is 26.2 Å². The maximum atomic E-state index is 13.7. The van der Waals surface area contributed by atoms with Crippen LogP contribution in [0.4, 0.5) is 10.1 Å². The molecule has 1 N–H and O–H groups in total. The number of sulfonamides is 1. The first-order valence-electron chi connectivity index (χ1n) is 11.7. The Balaban J connectivity index is 2.00. The second kappa shape index (κ2) is 12.3. The quantitative estimate of drug-likeness (QED) is 0.370. The molecule has 1 atom stereocenters. The summed E-state index contributed by atoms with van der Waals surface area (Å²) >= 11 is 3.42. The van der Waals surface area contributed by atoms with Gasteiger partial charge in [-0.2, -0.15) is 0 Å². The fraction of sp³-hybridized carbons (Fsp3) is 0.259. The summed E-state index contributed by atoms with van der Waals surface area (Å²) in [6.45, 7) is 4.77. The monoisotopic (exact) mass is 589 g/mol. The van der Waals surface area contributed by atoms with Gasteiger partial charge in [-0.25, -0.2) is 12.8 Å². The predicted octanol–water partition coefficient (Wildman–Crippen LogP) is 4.73. The summed E-state index contributed by atoms with van der Waals surface area (Å²) in [6.07, 6.45) is 0. The second-order valence-corrected chi connectivity index (χ2v) is 11.6. The largest absolute Gasteiger partial charge is 0.352 e. The van der Waals surface area contributed by atoms with Crippen LogP contribution in [0.1, 0.15) is 26.3 Å². The topological polar surface area (TPSA) is 86.8 Å². The Hall–Kier alpha value is -3.24. The van der Waals surface area contributed by atoms with Crippen molar-refractivity contribution >= 4 is 43.5 Å². The molecule has 196 valence electrons. The Morgan fingerprint density at radius 2 is 1.59 bits per heavy atom. The molecule has 0 saturated heterocycles. The molecule has 3 rings (SSSR count). The van der Waals surface area contributed by atoms with Crippen molar-refractivity contribution in [2.24, 2.45) is 0 Å². The molecule has 0 heterocycles. The zero-order valence-corrected chi connectivity index (χ0v) is 23.2. The Morgan fingerprint density at radius 3 is 2.19 bits per heavy atom. The average molecular weight is 591 g/mol. The van der Waals surface area contributed by atoms with Gasteiger partial charge in [-0.1, -0.05) is 46.3 Å². The predicted molar refractivity (Wildman–Crippen MR) is 145 cm³/mol. The number of carbonyl (C=O) groups is 2. The van der Waals surface area contributed by atoms with Crippen LogP contribution in [0.25, 0.3) is 0 Å². The van der Waals surface area contributed by atoms with Crippen molar-refractivity contribution in [3.8, 4) is 0 Å². The van der Waals surface area contributed by atoms with Gasteiger partial charge in [0.05, 0.1) is 10.6 Å². The van der Waals surface area contributed by atoms with Crippen LogP contribution in [0.3, 0.4) is 0 Å². The number of rotatable bonds is 10. The minimum Gasteiger partial charge on any atom is -0.352 e. The Kier molecular flexibility index (Phi) is 9.45. The van der Waals surface area contributed by atoms with Crippen molar-refractivity contribution in [1.82, 2.24) is 10.2 Å². The molecule has 0 fully saturated rings. The molecule has 2 amide bonds. The number of nitrogens with zero attached hydrogens (tertiary/aromatic N) is 2. The van der Waals surface area contributed by atoms with Gasteiger partial charge < -0.3 is 10.2 Å². The van der Waals surface area contributed by atoms with Crippen LogP contribution in [-0.4, -0.2) is 43.8 Å². The zero-order valence-electron chi connectivity index (χ0n) is 20.8. The molecule has 0 aliphatic rings. The molecule has 0 spiro atoms. The summed E-state index contributed by atoms with van der Waals surface area (Å²) < 4.78 is 42.5. The first kappa shape index (κ1) is 28.3. The highest BCUT2D eigenvalue weighted by atomic mass is 79.9. The normalized spacial score (nSPS) is 12.2. The van der Waals surface area contributed by atoms with Gasteiger partial charge in [0.2, 0.25) is 11.8 Å². The van der Waals surface area contributed by atoms with E-state index in [-0.39, 0.29) is 29.1 Å². The standard InChI is InChI=1S/C27H29BrFN3O4S/c1-19(2)30-27(34)20(3)31(17-21-8-7-9-22(28)16-21)26(33)18-32(24-10-5-4-6-11-24)37(35,36)25-14-12-23(29)13-15-25/h4-16,19-20H,17-18H2,1-3H3,(H,30,34). The van der Waals surface area contributed by atoms with E-state index in [1.165, 1.54) is 4.90 Å². The Morgan fingerprint density at radius 1 is 0.946 bits per heavy atom. The molecule has 0 bridgehead atoms. The van der Waals surface area contributed by atoms with Crippen LogP contribution in [0.5, 0.6) is 0 Å². The highest BCUT2D eigenvalue weighted by molar-refractivity contribution is 9.10. The van der Waals surface area contributed by atoms with Crippen LogP contribution in [0.15, 0.2) is 88.2 Å². The first-order chi connectivity index (χ1) is 17.5. The number of hydrogen-bond donors (Lipinski definition) is 1. The van der Waals surface area contributed by atoms with Gasteiger partial charge in [-0.15, -0.1) is 0 Å². The van der Waals surface area contributed by atoms with E-state index in [9.17, 15) is 22.4 Å². The molecule has 10 heteroatoms. The van der Waals surface area contributed by atoms with E-state index in [0.29, 0.717) is 0 Å². The molecule has 0 aliphatic heterocycles. The zero-order chi connectivity index (χ0) is 27.2. The number of hydrogen-bond acceptors (Lipinski definition) is 4. The molecule has 1 unspecified atom stereocenters. The molecule has 0 aliphatic carbocycles. The van der Waals surface area contributed by atoms with Crippen molar-refractivity contribution in [3.05, 3.63) is 94.7 Å². The van der Waals surface area contributed by atoms with Crippen molar-refractivity contribution in [2.75, 3.05) is 10.8 Å². The van der Waals surface area contributed by atoms with Crippen molar-refractivity contribution < 1.29 is 22.4 Å². The van der Waals surface area contributed by atoms with E-state index < -0.39 is 34.3 Å². The highest BCUT2D eigenvalue weighted by Gasteiger charge is 2.32. The molecule has 0 saturated carbocycles. The van der Waals surface area contributed by atoms with Crippen molar-refractivity contribution in [1.29, 1.82) is 0 Å². The van der Waals surface area contributed by atoms with Gasteiger partial charge in [0.15, 0.2) is 0 Å². The second-order valence-electron chi connectivity index (χ2n) is 8.79. The average Bonchev–Trinajstić information content (AvgIpc) is 2.85. The number of nitrogens with one attached hydrogen (secondary N) is 1. The molecule has 37 heavy (non-hydrogen) atoms. The first-order valence-corrected chi connectivity index (χ1v) is 13.9. The lowest BCUT2D eigenvalue weighted by molar-refractivity contribution is -0.139. The maximum Gasteiger partial charge on any atom is 0.264 e. The van der Waals surface area contributed by atoms with E-state index in [4.69, 9.17) is 0 Å². The van der Waals surface area contributed by atoms with Gasteiger partial charge >= 0.3 is 0 Å². The molecule has 3 aromatic rings. The van der Waals surface area contributed by atoms with E-state index in [0.717, 1.165) is 38.6 Å². The van der Waals surface area contributed by atoms with Gasteiger partial charge in [0.25, 0.3) is 10.0 Å². The Bertz CT molecular complexity index is 1340. The van der Waals surface area contributed by atoms with Gasteiger partial charge in [-0.3, -0.25) is 13.9 Å². The summed E-state index contributed by atoms with van der Waals surface area (Å²) in [5, 5.41) is 2.81. The van der Waals surface area contributed by atoms with E-state index in [1.54, 1.807) is 37.3 Å². The number of halogens is 2. The lowest BCUT2D eigenvalue weighted by atomic mass is 10.1. The van der Waals surface area contributed by atoms with Crippen molar-refractivity contribution in [3.63, 3.8) is 0 Å². The fourth-order valence-electron chi connectivity index (χ4n) is 3.68. The van der Waals surface area contributed by atoms with Gasteiger partial charge in [0, 0.05) is 17.1 Å².